The normalized spacial score (nSPS) is 16.2. The Labute approximate surface area is 126 Å². The molecule has 1 saturated heterocycles. The second-order valence-electron chi connectivity index (χ2n) is 5.31. The molecule has 0 aromatic heterocycles. The zero-order valence-electron chi connectivity index (χ0n) is 11.6. The van der Waals surface area contributed by atoms with Crippen molar-refractivity contribution in [3.63, 3.8) is 0 Å². The predicted molar refractivity (Wildman–Crippen MR) is 85.7 cm³/mol. The summed E-state index contributed by atoms with van der Waals surface area (Å²) < 4.78 is 0. The van der Waals surface area contributed by atoms with Crippen molar-refractivity contribution in [1.29, 1.82) is 0 Å². The summed E-state index contributed by atoms with van der Waals surface area (Å²) in [5.74, 6) is 0. The molecule has 2 aromatic carbocycles. The quantitative estimate of drug-likeness (QED) is 0.782. The Bertz CT molecular complexity index is 556. The molecule has 0 unspecified atom stereocenters. The number of nitrogens with zero attached hydrogens (tertiary/aromatic N) is 1. The van der Waals surface area contributed by atoms with E-state index in [1.54, 1.807) is 0 Å². The van der Waals surface area contributed by atoms with Crippen LogP contribution >= 0.6 is 11.6 Å². The Kier molecular flexibility index (Phi) is 4.39. The van der Waals surface area contributed by atoms with E-state index in [1.165, 1.54) is 42.6 Å². The molecule has 1 nitrogen and oxygen atoms in total. The molecular weight excluding hydrogens is 266 g/mol. The monoisotopic (exact) mass is 284 g/mol. The fourth-order valence-electron chi connectivity index (χ4n) is 2.77. The minimum Gasteiger partial charge on any atom is -0.299 e. The summed E-state index contributed by atoms with van der Waals surface area (Å²) in [5, 5.41) is 0.790. The minimum absolute atomic E-state index is 0.790. The maximum absolute atomic E-state index is 5.98. The molecule has 0 atom stereocenters. The summed E-state index contributed by atoms with van der Waals surface area (Å²) in [7, 11) is 0. The van der Waals surface area contributed by atoms with Crippen molar-refractivity contribution in [3.05, 3.63) is 65.5 Å². The molecule has 0 N–H and O–H groups in total. The van der Waals surface area contributed by atoms with E-state index in [4.69, 9.17) is 11.6 Å². The average Bonchev–Trinajstić information content (AvgIpc) is 2.50. The molecule has 0 aliphatic carbocycles. The van der Waals surface area contributed by atoms with Gasteiger partial charge in [-0.2, -0.15) is 0 Å². The molecule has 0 bridgehead atoms. The molecule has 0 saturated carbocycles. The van der Waals surface area contributed by atoms with E-state index < -0.39 is 0 Å². The largest absolute Gasteiger partial charge is 0.299 e. The number of hydrogen-bond donors (Lipinski definition) is 0. The van der Waals surface area contributed by atoms with E-state index in [1.807, 2.05) is 12.1 Å². The van der Waals surface area contributed by atoms with Gasteiger partial charge in [0, 0.05) is 11.6 Å². The van der Waals surface area contributed by atoms with Crippen molar-refractivity contribution < 1.29 is 0 Å². The summed E-state index contributed by atoms with van der Waals surface area (Å²) in [4.78, 5) is 2.54. The van der Waals surface area contributed by atoms with Gasteiger partial charge < -0.3 is 0 Å². The van der Waals surface area contributed by atoms with Crippen molar-refractivity contribution in [3.8, 4) is 11.1 Å². The fourth-order valence-corrected chi connectivity index (χ4v) is 2.90. The molecule has 1 aliphatic heterocycles. The van der Waals surface area contributed by atoms with Gasteiger partial charge in [0.2, 0.25) is 0 Å². The van der Waals surface area contributed by atoms with E-state index in [0.29, 0.717) is 0 Å². The van der Waals surface area contributed by atoms with Crippen LogP contribution in [0, 0.1) is 6.42 Å². The Balaban J connectivity index is 1.85. The summed E-state index contributed by atoms with van der Waals surface area (Å²) >= 11 is 5.98. The first kappa shape index (κ1) is 13.7. The molecule has 1 radical (unpaired) electrons. The zero-order chi connectivity index (χ0) is 13.8. The van der Waals surface area contributed by atoms with Crippen LogP contribution in [0.2, 0.25) is 5.02 Å². The highest BCUT2D eigenvalue weighted by Crippen LogP contribution is 2.26. The Hall–Kier alpha value is -1.31. The van der Waals surface area contributed by atoms with Gasteiger partial charge in [0.15, 0.2) is 0 Å². The first-order chi connectivity index (χ1) is 9.83. The number of piperidine rings is 1. The van der Waals surface area contributed by atoms with Crippen molar-refractivity contribution in [2.45, 2.75) is 19.4 Å². The van der Waals surface area contributed by atoms with Gasteiger partial charge in [-0.15, -0.1) is 0 Å². The molecule has 20 heavy (non-hydrogen) atoms. The van der Waals surface area contributed by atoms with Gasteiger partial charge in [0.1, 0.15) is 0 Å². The summed E-state index contributed by atoms with van der Waals surface area (Å²) in [5.41, 5.74) is 3.96. The lowest BCUT2D eigenvalue weighted by atomic mass is 9.99. The van der Waals surface area contributed by atoms with Gasteiger partial charge in [-0.25, -0.2) is 0 Å². The highest BCUT2D eigenvalue weighted by atomic mass is 35.5. The summed E-state index contributed by atoms with van der Waals surface area (Å²) in [6.07, 6.45) is 4.81. The van der Waals surface area contributed by atoms with Gasteiger partial charge >= 0.3 is 0 Å². The molecule has 3 rings (SSSR count). The first-order valence-electron chi connectivity index (χ1n) is 7.21. The highest BCUT2D eigenvalue weighted by Gasteiger charge is 2.13. The second kappa shape index (κ2) is 6.43. The molecule has 1 aliphatic rings. The summed E-state index contributed by atoms with van der Waals surface area (Å²) in [6.45, 7) is 3.39. The van der Waals surface area contributed by atoms with E-state index >= 15 is 0 Å². The Morgan fingerprint density at radius 3 is 2.35 bits per heavy atom. The van der Waals surface area contributed by atoms with Crippen LogP contribution in [-0.2, 0) is 6.54 Å². The maximum Gasteiger partial charge on any atom is 0.0406 e. The van der Waals surface area contributed by atoms with Crippen LogP contribution in [0.25, 0.3) is 11.1 Å². The molecule has 2 heteroatoms. The molecule has 103 valence electrons. The van der Waals surface area contributed by atoms with Crippen molar-refractivity contribution in [2.24, 2.45) is 0 Å². The third-order valence-corrected chi connectivity index (χ3v) is 4.12. The van der Waals surface area contributed by atoms with Gasteiger partial charge in [0.05, 0.1) is 0 Å². The number of rotatable bonds is 3. The number of benzene rings is 2. The van der Waals surface area contributed by atoms with Crippen LogP contribution in [-0.4, -0.2) is 18.0 Å². The van der Waals surface area contributed by atoms with Crippen LogP contribution in [0.3, 0.4) is 0 Å². The fraction of sp³-hybridized carbons (Fsp3) is 0.278. The van der Waals surface area contributed by atoms with Crippen LogP contribution in [0.5, 0.6) is 0 Å². The molecule has 1 heterocycles. The second-order valence-corrected chi connectivity index (χ2v) is 5.74. The molecule has 1 fully saturated rings. The van der Waals surface area contributed by atoms with Crippen LogP contribution in [0.15, 0.2) is 48.5 Å². The van der Waals surface area contributed by atoms with Gasteiger partial charge in [0.25, 0.3) is 0 Å². The van der Waals surface area contributed by atoms with Gasteiger partial charge in [-0.05, 0) is 61.2 Å². The third kappa shape index (κ3) is 3.23. The van der Waals surface area contributed by atoms with Crippen molar-refractivity contribution in [1.82, 2.24) is 4.90 Å². The molecule has 0 spiro atoms. The lowest BCUT2D eigenvalue weighted by Crippen LogP contribution is -2.29. The molecular formula is C18H19ClN. The first-order valence-corrected chi connectivity index (χ1v) is 7.58. The van der Waals surface area contributed by atoms with Crippen LogP contribution < -0.4 is 0 Å². The van der Waals surface area contributed by atoms with Crippen LogP contribution in [0.4, 0.5) is 0 Å². The topological polar surface area (TPSA) is 3.24 Å². The average molecular weight is 285 g/mol. The number of likely N-dealkylation sites (tertiary alicyclic amines) is 1. The van der Waals surface area contributed by atoms with Crippen LogP contribution in [0.1, 0.15) is 18.4 Å². The van der Waals surface area contributed by atoms with E-state index in [2.05, 4.69) is 47.7 Å². The molecule has 0 amide bonds. The minimum atomic E-state index is 0.790. The maximum atomic E-state index is 5.98. The lowest BCUT2D eigenvalue weighted by Gasteiger charge is -2.27. The SMILES string of the molecule is Clc1ccc(-c2ccccc2CN2CC[CH]CC2)cc1. The smallest absolute Gasteiger partial charge is 0.0406 e. The van der Waals surface area contributed by atoms with Gasteiger partial charge in [-0.3, -0.25) is 4.90 Å². The summed E-state index contributed by atoms with van der Waals surface area (Å²) in [6, 6.07) is 16.8. The lowest BCUT2D eigenvalue weighted by molar-refractivity contribution is 0.246. The molecule has 2 aromatic rings. The van der Waals surface area contributed by atoms with E-state index in [-0.39, 0.29) is 0 Å². The standard InChI is InChI=1S/C18H19ClN/c19-17-10-8-15(9-11-17)18-7-3-2-6-16(18)14-20-12-4-1-5-13-20/h1-3,6-11H,4-5,12-14H2. The van der Waals surface area contributed by atoms with E-state index in [0.717, 1.165) is 11.6 Å². The predicted octanol–water partition coefficient (Wildman–Crippen LogP) is 4.81. The van der Waals surface area contributed by atoms with Gasteiger partial charge in [-0.1, -0.05) is 48.0 Å². The Morgan fingerprint density at radius 1 is 0.900 bits per heavy atom. The zero-order valence-corrected chi connectivity index (χ0v) is 12.3. The third-order valence-electron chi connectivity index (χ3n) is 3.87. The van der Waals surface area contributed by atoms with Crippen molar-refractivity contribution in [2.75, 3.05) is 13.1 Å². The van der Waals surface area contributed by atoms with E-state index in [9.17, 15) is 0 Å². The number of hydrogen-bond acceptors (Lipinski definition) is 1. The van der Waals surface area contributed by atoms with Crippen molar-refractivity contribution >= 4 is 11.6 Å². The Morgan fingerprint density at radius 2 is 1.60 bits per heavy atom. The highest BCUT2D eigenvalue weighted by molar-refractivity contribution is 6.30. The number of halogens is 1.